The summed E-state index contributed by atoms with van der Waals surface area (Å²) in [6, 6.07) is 3.40. The topological polar surface area (TPSA) is 37.8 Å². The number of benzene rings is 1. The van der Waals surface area contributed by atoms with Gasteiger partial charge in [-0.05, 0) is 30.5 Å². The van der Waals surface area contributed by atoms with Gasteiger partial charge in [-0.3, -0.25) is 0 Å². The molecule has 0 radical (unpaired) electrons. The number of aromatic nitrogens is 2. The minimum atomic E-state index is -0.488. The van der Waals surface area contributed by atoms with Crippen molar-refractivity contribution in [3.8, 4) is 11.3 Å². The summed E-state index contributed by atoms with van der Waals surface area (Å²) in [6.07, 6.45) is 2.33. The molecule has 0 amide bonds. The van der Waals surface area contributed by atoms with Crippen molar-refractivity contribution in [1.29, 1.82) is 0 Å². The summed E-state index contributed by atoms with van der Waals surface area (Å²) in [6.45, 7) is 6.78. The van der Waals surface area contributed by atoms with Crippen LogP contribution in [0.25, 0.3) is 11.3 Å². The molecule has 0 atom stereocenters. The maximum absolute atomic E-state index is 14.0. The first-order valence-electron chi connectivity index (χ1n) is 7.08. The van der Waals surface area contributed by atoms with Gasteiger partial charge in [-0.15, -0.1) is 0 Å². The molecule has 0 aliphatic carbocycles. The maximum Gasteiger partial charge on any atom is 0.133 e. The summed E-state index contributed by atoms with van der Waals surface area (Å²) in [5, 5.41) is 3.22. The van der Waals surface area contributed by atoms with Gasteiger partial charge in [0, 0.05) is 17.7 Å². The number of anilines is 1. The van der Waals surface area contributed by atoms with Crippen LogP contribution in [0.4, 0.5) is 14.6 Å². The fraction of sp³-hybridized carbons (Fsp3) is 0.375. The number of hydrogen-bond donors (Lipinski definition) is 1. The lowest BCUT2D eigenvalue weighted by atomic mass is 9.97. The molecular weight excluding hydrogens is 272 g/mol. The highest BCUT2D eigenvalue weighted by molar-refractivity contribution is 5.69. The summed E-state index contributed by atoms with van der Waals surface area (Å²) < 4.78 is 27.5. The Labute approximate surface area is 123 Å². The van der Waals surface area contributed by atoms with Crippen molar-refractivity contribution in [3.63, 3.8) is 0 Å². The highest BCUT2D eigenvalue weighted by Crippen LogP contribution is 2.33. The second-order valence-electron chi connectivity index (χ2n) is 5.19. The second kappa shape index (κ2) is 6.61. The van der Waals surface area contributed by atoms with E-state index in [1.807, 2.05) is 13.8 Å². The maximum atomic E-state index is 14.0. The molecule has 0 spiro atoms. The molecule has 0 saturated heterocycles. The highest BCUT2D eigenvalue weighted by atomic mass is 19.1. The number of halogens is 2. The minimum absolute atomic E-state index is 0.0863. The Morgan fingerprint density at radius 1 is 1.19 bits per heavy atom. The van der Waals surface area contributed by atoms with Gasteiger partial charge in [0.2, 0.25) is 0 Å². The molecule has 0 fully saturated rings. The van der Waals surface area contributed by atoms with E-state index in [0.29, 0.717) is 11.5 Å². The van der Waals surface area contributed by atoms with Crippen molar-refractivity contribution < 1.29 is 8.78 Å². The predicted molar refractivity (Wildman–Crippen MR) is 80.3 cm³/mol. The van der Waals surface area contributed by atoms with E-state index in [4.69, 9.17) is 0 Å². The lowest BCUT2D eigenvalue weighted by Crippen LogP contribution is -2.09. The van der Waals surface area contributed by atoms with E-state index in [-0.39, 0.29) is 11.5 Å². The van der Waals surface area contributed by atoms with Crippen molar-refractivity contribution in [2.24, 2.45) is 0 Å². The van der Waals surface area contributed by atoms with Gasteiger partial charge in [-0.2, -0.15) is 0 Å². The Hall–Kier alpha value is -2.04. The monoisotopic (exact) mass is 291 g/mol. The molecule has 1 aromatic carbocycles. The average molecular weight is 291 g/mol. The molecule has 1 aromatic heterocycles. The molecule has 0 aliphatic rings. The van der Waals surface area contributed by atoms with E-state index >= 15 is 0 Å². The van der Waals surface area contributed by atoms with Crippen molar-refractivity contribution in [2.45, 2.75) is 33.1 Å². The summed E-state index contributed by atoms with van der Waals surface area (Å²) in [5.41, 5.74) is 1.41. The van der Waals surface area contributed by atoms with Crippen LogP contribution in [0.2, 0.25) is 0 Å². The van der Waals surface area contributed by atoms with E-state index in [2.05, 4.69) is 22.2 Å². The molecule has 0 bridgehead atoms. The SMILES string of the molecule is CCCNc1ncnc(-c2cc(F)ccc2F)c1C(C)C. The van der Waals surface area contributed by atoms with Crippen LogP contribution in [0, 0.1) is 11.6 Å². The quantitative estimate of drug-likeness (QED) is 0.889. The molecule has 0 aliphatic heterocycles. The van der Waals surface area contributed by atoms with Gasteiger partial charge in [-0.25, -0.2) is 18.7 Å². The molecule has 1 N–H and O–H groups in total. The molecule has 2 aromatic rings. The number of hydrogen-bond acceptors (Lipinski definition) is 3. The van der Waals surface area contributed by atoms with E-state index < -0.39 is 11.6 Å². The minimum Gasteiger partial charge on any atom is -0.370 e. The van der Waals surface area contributed by atoms with Crippen LogP contribution >= 0.6 is 0 Å². The van der Waals surface area contributed by atoms with Gasteiger partial charge >= 0.3 is 0 Å². The largest absolute Gasteiger partial charge is 0.370 e. The molecule has 3 nitrogen and oxygen atoms in total. The van der Waals surface area contributed by atoms with Gasteiger partial charge in [0.1, 0.15) is 23.8 Å². The molecule has 21 heavy (non-hydrogen) atoms. The number of rotatable bonds is 5. The average Bonchev–Trinajstić information content (AvgIpc) is 2.47. The molecule has 1 heterocycles. The van der Waals surface area contributed by atoms with Gasteiger partial charge in [0.15, 0.2) is 0 Å². The van der Waals surface area contributed by atoms with Gasteiger partial charge in [0.25, 0.3) is 0 Å². The first kappa shape index (κ1) is 15.4. The fourth-order valence-corrected chi connectivity index (χ4v) is 2.22. The first-order valence-corrected chi connectivity index (χ1v) is 7.08. The third-order valence-corrected chi connectivity index (χ3v) is 3.19. The van der Waals surface area contributed by atoms with Crippen molar-refractivity contribution >= 4 is 5.82 Å². The van der Waals surface area contributed by atoms with Gasteiger partial charge in [0.05, 0.1) is 5.69 Å². The molecule has 112 valence electrons. The van der Waals surface area contributed by atoms with E-state index in [1.54, 1.807) is 0 Å². The standard InChI is InChI=1S/C16H19F2N3/c1-4-7-19-16-14(10(2)3)15(20-9-21-16)12-8-11(17)5-6-13(12)18/h5-6,8-10H,4,7H2,1-3H3,(H,19,20,21). The third kappa shape index (κ3) is 3.35. The Kier molecular flexibility index (Phi) is 4.83. The number of nitrogens with zero attached hydrogens (tertiary/aromatic N) is 2. The lowest BCUT2D eigenvalue weighted by Gasteiger charge is -2.17. The van der Waals surface area contributed by atoms with Crippen LogP contribution in [0.1, 0.15) is 38.7 Å². The smallest absolute Gasteiger partial charge is 0.133 e. The van der Waals surface area contributed by atoms with Crippen molar-refractivity contribution in [1.82, 2.24) is 9.97 Å². The van der Waals surface area contributed by atoms with Gasteiger partial charge in [-0.1, -0.05) is 20.8 Å². The zero-order valence-electron chi connectivity index (χ0n) is 12.5. The van der Waals surface area contributed by atoms with Crippen LogP contribution in [0.5, 0.6) is 0 Å². The molecular formula is C16H19F2N3. The summed E-state index contributed by atoms with van der Waals surface area (Å²) >= 11 is 0. The Balaban J connectivity index is 2.59. The zero-order chi connectivity index (χ0) is 15.4. The first-order chi connectivity index (χ1) is 10.0. The summed E-state index contributed by atoms with van der Waals surface area (Å²) in [5.74, 6) is -0.204. The van der Waals surface area contributed by atoms with Crippen molar-refractivity contribution in [3.05, 3.63) is 41.7 Å². The van der Waals surface area contributed by atoms with E-state index in [9.17, 15) is 8.78 Å². The van der Waals surface area contributed by atoms with Crippen LogP contribution in [-0.4, -0.2) is 16.5 Å². The normalized spacial score (nSPS) is 11.0. The van der Waals surface area contributed by atoms with Gasteiger partial charge < -0.3 is 5.32 Å². The summed E-state index contributed by atoms with van der Waals surface area (Å²) in [7, 11) is 0. The lowest BCUT2D eigenvalue weighted by molar-refractivity contribution is 0.602. The molecule has 5 heteroatoms. The van der Waals surface area contributed by atoms with E-state index in [0.717, 1.165) is 30.7 Å². The predicted octanol–water partition coefficient (Wildman–Crippen LogP) is 4.37. The Morgan fingerprint density at radius 2 is 1.95 bits per heavy atom. The number of nitrogens with one attached hydrogen (secondary N) is 1. The van der Waals surface area contributed by atoms with E-state index in [1.165, 1.54) is 12.4 Å². The Bertz CT molecular complexity index is 627. The second-order valence-corrected chi connectivity index (χ2v) is 5.19. The highest BCUT2D eigenvalue weighted by Gasteiger charge is 2.19. The fourth-order valence-electron chi connectivity index (χ4n) is 2.22. The summed E-state index contributed by atoms with van der Waals surface area (Å²) in [4.78, 5) is 8.42. The van der Waals surface area contributed by atoms with Crippen LogP contribution < -0.4 is 5.32 Å². The third-order valence-electron chi connectivity index (χ3n) is 3.19. The molecule has 2 rings (SSSR count). The molecule has 0 saturated carbocycles. The van der Waals surface area contributed by atoms with Crippen LogP contribution in [0.15, 0.2) is 24.5 Å². The zero-order valence-corrected chi connectivity index (χ0v) is 12.5. The van der Waals surface area contributed by atoms with Crippen molar-refractivity contribution in [2.75, 3.05) is 11.9 Å². The van der Waals surface area contributed by atoms with Crippen LogP contribution in [-0.2, 0) is 0 Å². The molecule has 0 unspecified atom stereocenters. The Morgan fingerprint density at radius 3 is 2.62 bits per heavy atom. The van der Waals surface area contributed by atoms with Crippen LogP contribution in [0.3, 0.4) is 0 Å².